The number of amides is 1. The van der Waals surface area contributed by atoms with Crippen LogP contribution in [0.1, 0.15) is 30.6 Å². The first-order valence-corrected chi connectivity index (χ1v) is 6.00. The molecule has 1 aromatic carbocycles. The van der Waals surface area contributed by atoms with E-state index in [1.54, 1.807) is 11.0 Å². The molecule has 2 nitrogen and oxygen atoms in total. The minimum Gasteiger partial charge on any atom is -0.342 e. The molecule has 0 saturated heterocycles. The topological polar surface area (TPSA) is 20.3 Å². The zero-order valence-corrected chi connectivity index (χ0v) is 11.0. The Morgan fingerprint density at radius 2 is 2.12 bits per heavy atom. The van der Waals surface area contributed by atoms with E-state index in [1.165, 1.54) is 0 Å². The van der Waals surface area contributed by atoms with Crippen molar-refractivity contribution in [3.63, 3.8) is 0 Å². The molecule has 0 aliphatic heterocycles. The maximum Gasteiger partial charge on any atom is 0.253 e. The van der Waals surface area contributed by atoms with Crippen LogP contribution >= 0.6 is 12.6 Å². The monoisotopic (exact) mass is 237 g/mol. The normalized spacial score (nSPS) is 10.6. The van der Waals surface area contributed by atoms with Crippen LogP contribution in [0, 0.1) is 5.92 Å². The van der Waals surface area contributed by atoms with Crippen LogP contribution < -0.4 is 0 Å². The molecule has 0 aromatic heterocycles. The van der Waals surface area contributed by atoms with Crippen molar-refractivity contribution in [2.45, 2.75) is 25.2 Å². The zero-order chi connectivity index (χ0) is 12.1. The average molecular weight is 237 g/mol. The molecule has 0 bridgehead atoms. The first-order chi connectivity index (χ1) is 7.50. The van der Waals surface area contributed by atoms with Crippen LogP contribution in [0.4, 0.5) is 0 Å². The predicted molar refractivity (Wildman–Crippen MR) is 70.1 cm³/mol. The van der Waals surface area contributed by atoms with E-state index in [1.807, 2.05) is 25.2 Å². The van der Waals surface area contributed by atoms with Gasteiger partial charge in [0, 0.05) is 24.1 Å². The van der Waals surface area contributed by atoms with Gasteiger partial charge in [-0.25, -0.2) is 0 Å². The molecule has 1 rings (SSSR count). The second kappa shape index (κ2) is 5.94. The number of carbonyl (C=O) groups excluding carboxylic acids is 1. The molecule has 1 amide bonds. The van der Waals surface area contributed by atoms with Gasteiger partial charge in [-0.2, -0.15) is 0 Å². The van der Waals surface area contributed by atoms with Crippen molar-refractivity contribution in [1.29, 1.82) is 0 Å². The fourth-order valence-corrected chi connectivity index (χ4v) is 1.64. The van der Waals surface area contributed by atoms with Crippen molar-refractivity contribution in [1.82, 2.24) is 4.90 Å². The second-order valence-corrected chi connectivity index (χ2v) is 4.98. The molecule has 0 fully saturated rings. The lowest BCUT2D eigenvalue weighted by Gasteiger charge is -2.18. The number of carbonyl (C=O) groups is 1. The molecule has 0 unspecified atom stereocenters. The zero-order valence-electron chi connectivity index (χ0n) is 10.1. The molecule has 0 N–H and O–H groups in total. The summed E-state index contributed by atoms with van der Waals surface area (Å²) in [5, 5.41) is 0. The van der Waals surface area contributed by atoms with E-state index in [0.717, 1.165) is 17.9 Å². The third-order valence-corrected chi connectivity index (χ3v) is 2.76. The van der Waals surface area contributed by atoms with Crippen molar-refractivity contribution in [3.05, 3.63) is 29.8 Å². The van der Waals surface area contributed by atoms with Crippen molar-refractivity contribution in [3.8, 4) is 0 Å². The van der Waals surface area contributed by atoms with Crippen molar-refractivity contribution < 1.29 is 4.79 Å². The van der Waals surface area contributed by atoms with Gasteiger partial charge < -0.3 is 4.90 Å². The molecular formula is C13H19NOS. The highest BCUT2D eigenvalue weighted by Gasteiger charge is 2.11. The molecule has 16 heavy (non-hydrogen) atoms. The Balaban J connectivity index is 2.63. The van der Waals surface area contributed by atoms with Gasteiger partial charge in [0.2, 0.25) is 0 Å². The highest BCUT2D eigenvalue weighted by Crippen LogP contribution is 2.11. The van der Waals surface area contributed by atoms with Crippen LogP contribution in [-0.2, 0) is 0 Å². The Hall–Kier alpha value is -0.960. The maximum absolute atomic E-state index is 12.0. The summed E-state index contributed by atoms with van der Waals surface area (Å²) in [5.41, 5.74) is 0.707. The first-order valence-electron chi connectivity index (χ1n) is 5.55. The average Bonchev–Trinajstić information content (AvgIpc) is 2.24. The standard InChI is InChI=1S/C13H19NOS/c1-10(2)7-8-14(3)13(15)11-5-4-6-12(16)9-11/h4-6,9-10,16H,7-8H2,1-3H3. The van der Waals surface area contributed by atoms with E-state index < -0.39 is 0 Å². The summed E-state index contributed by atoms with van der Waals surface area (Å²) in [6, 6.07) is 7.35. The van der Waals surface area contributed by atoms with Crippen LogP contribution in [0.15, 0.2) is 29.2 Å². The van der Waals surface area contributed by atoms with E-state index in [4.69, 9.17) is 0 Å². The minimum atomic E-state index is 0.0663. The van der Waals surface area contributed by atoms with Crippen LogP contribution in [0.3, 0.4) is 0 Å². The molecule has 0 saturated carbocycles. The van der Waals surface area contributed by atoms with Crippen molar-refractivity contribution in [2.24, 2.45) is 5.92 Å². The number of benzene rings is 1. The number of thiol groups is 1. The predicted octanol–water partition coefficient (Wildman–Crippen LogP) is 3.09. The summed E-state index contributed by atoms with van der Waals surface area (Å²) >= 11 is 4.23. The molecule has 0 spiro atoms. The number of hydrogen-bond acceptors (Lipinski definition) is 2. The lowest BCUT2D eigenvalue weighted by atomic mass is 10.1. The summed E-state index contributed by atoms with van der Waals surface area (Å²) in [6.45, 7) is 5.12. The van der Waals surface area contributed by atoms with E-state index >= 15 is 0 Å². The summed E-state index contributed by atoms with van der Waals surface area (Å²) in [5.74, 6) is 0.683. The molecule has 0 heterocycles. The Morgan fingerprint density at radius 3 is 2.69 bits per heavy atom. The molecule has 0 aliphatic carbocycles. The lowest BCUT2D eigenvalue weighted by molar-refractivity contribution is 0.0789. The molecule has 0 atom stereocenters. The Labute approximate surface area is 103 Å². The molecule has 88 valence electrons. The maximum atomic E-state index is 12.0. The smallest absolute Gasteiger partial charge is 0.253 e. The van der Waals surface area contributed by atoms with Gasteiger partial charge in [-0.15, -0.1) is 12.6 Å². The SMILES string of the molecule is CC(C)CCN(C)C(=O)c1cccc(S)c1. The van der Waals surface area contributed by atoms with Crippen LogP contribution in [-0.4, -0.2) is 24.4 Å². The summed E-state index contributed by atoms with van der Waals surface area (Å²) in [4.78, 5) is 14.6. The Morgan fingerprint density at radius 1 is 1.44 bits per heavy atom. The van der Waals surface area contributed by atoms with E-state index in [0.29, 0.717) is 11.5 Å². The van der Waals surface area contributed by atoms with Gasteiger partial charge in [-0.05, 0) is 30.5 Å². The van der Waals surface area contributed by atoms with Gasteiger partial charge in [0.25, 0.3) is 5.91 Å². The summed E-state index contributed by atoms with van der Waals surface area (Å²) < 4.78 is 0. The van der Waals surface area contributed by atoms with E-state index in [9.17, 15) is 4.79 Å². The number of rotatable bonds is 4. The summed E-state index contributed by atoms with van der Waals surface area (Å²) in [6.07, 6.45) is 1.03. The Bertz CT molecular complexity index is 363. The van der Waals surface area contributed by atoms with Gasteiger partial charge in [0.05, 0.1) is 0 Å². The third kappa shape index (κ3) is 3.89. The molecule has 1 aromatic rings. The van der Waals surface area contributed by atoms with Gasteiger partial charge >= 0.3 is 0 Å². The van der Waals surface area contributed by atoms with Gasteiger partial charge in [0.1, 0.15) is 0 Å². The van der Waals surface area contributed by atoms with Gasteiger partial charge in [-0.1, -0.05) is 19.9 Å². The van der Waals surface area contributed by atoms with Gasteiger partial charge in [0.15, 0.2) is 0 Å². The largest absolute Gasteiger partial charge is 0.342 e. The Kier molecular flexibility index (Phi) is 4.87. The molecule has 0 radical (unpaired) electrons. The summed E-state index contributed by atoms with van der Waals surface area (Å²) in [7, 11) is 1.84. The number of hydrogen-bond donors (Lipinski definition) is 1. The quantitative estimate of drug-likeness (QED) is 0.798. The molecular weight excluding hydrogens is 218 g/mol. The van der Waals surface area contributed by atoms with E-state index in [-0.39, 0.29) is 5.91 Å². The lowest BCUT2D eigenvalue weighted by Crippen LogP contribution is -2.28. The molecule has 0 aliphatic rings. The highest BCUT2D eigenvalue weighted by molar-refractivity contribution is 7.80. The van der Waals surface area contributed by atoms with E-state index in [2.05, 4.69) is 26.5 Å². The van der Waals surface area contributed by atoms with Crippen LogP contribution in [0.2, 0.25) is 0 Å². The molecule has 3 heteroatoms. The van der Waals surface area contributed by atoms with Crippen molar-refractivity contribution in [2.75, 3.05) is 13.6 Å². The number of nitrogens with zero attached hydrogens (tertiary/aromatic N) is 1. The van der Waals surface area contributed by atoms with Crippen molar-refractivity contribution >= 4 is 18.5 Å². The third-order valence-electron chi connectivity index (χ3n) is 2.48. The fourth-order valence-electron chi connectivity index (χ4n) is 1.41. The highest BCUT2D eigenvalue weighted by atomic mass is 32.1. The second-order valence-electron chi connectivity index (χ2n) is 4.46. The van der Waals surface area contributed by atoms with Crippen LogP contribution in [0.5, 0.6) is 0 Å². The van der Waals surface area contributed by atoms with Crippen LogP contribution in [0.25, 0.3) is 0 Å². The first kappa shape index (κ1) is 13.1. The fraction of sp³-hybridized carbons (Fsp3) is 0.462. The van der Waals surface area contributed by atoms with Gasteiger partial charge in [-0.3, -0.25) is 4.79 Å². The minimum absolute atomic E-state index is 0.0663.